The molecule has 1 N–H and O–H groups in total. The normalized spacial score (nSPS) is 17.2. The third kappa shape index (κ3) is 2.32. The molecule has 4 heteroatoms. The van der Waals surface area contributed by atoms with E-state index in [2.05, 4.69) is 28.5 Å². The fourth-order valence-electron chi connectivity index (χ4n) is 1.78. The van der Waals surface area contributed by atoms with Crippen molar-refractivity contribution in [2.24, 2.45) is 0 Å². The Morgan fingerprint density at radius 3 is 2.50 bits per heavy atom. The molecule has 1 aromatic heterocycles. The first-order valence-electron chi connectivity index (χ1n) is 5.67. The Bertz CT molecular complexity index is 399. The third-order valence-corrected chi connectivity index (χ3v) is 4.74. The van der Waals surface area contributed by atoms with Gasteiger partial charge in [-0.05, 0) is 39.9 Å². The maximum Gasteiger partial charge on any atom is 0.132 e. The van der Waals surface area contributed by atoms with Gasteiger partial charge < -0.3 is 5.32 Å². The van der Waals surface area contributed by atoms with E-state index in [1.165, 1.54) is 18.4 Å². The van der Waals surface area contributed by atoms with Gasteiger partial charge in [0.2, 0.25) is 0 Å². The van der Waals surface area contributed by atoms with Gasteiger partial charge in [0.05, 0.1) is 0 Å². The smallest absolute Gasteiger partial charge is 0.132 e. The van der Waals surface area contributed by atoms with Gasteiger partial charge in [0, 0.05) is 22.5 Å². The van der Waals surface area contributed by atoms with Crippen molar-refractivity contribution in [2.45, 2.75) is 38.4 Å². The van der Waals surface area contributed by atoms with E-state index in [0.717, 1.165) is 23.9 Å². The summed E-state index contributed by atoms with van der Waals surface area (Å²) in [5.41, 5.74) is 2.24. The molecule has 2 rings (SSSR count). The molecule has 16 heavy (non-hydrogen) atoms. The predicted molar refractivity (Wildman–Crippen MR) is 70.2 cm³/mol. The molecule has 0 atom stereocenters. The summed E-state index contributed by atoms with van der Waals surface area (Å²) in [6, 6.07) is 0. The zero-order valence-electron chi connectivity index (χ0n) is 10.4. The molecule has 0 radical (unpaired) electrons. The van der Waals surface area contributed by atoms with Crippen molar-refractivity contribution in [2.75, 3.05) is 18.1 Å². The minimum Gasteiger partial charge on any atom is -0.368 e. The van der Waals surface area contributed by atoms with Crippen molar-refractivity contribution in [3.8, 4) is 0 Å². The summed E-state index contributed by atoms with van der Waals surface area (Å²) in [7, 11) is 0. The quantitative estimate of drug-likeness (QED) is 0.873. The third-order valence-electron chi connectivity index (χ3n) is 3.32. The topological polar surface area (TPSA) is 37.8 Å². The average Bonchev–Trinajstić information content (AvgIpc) is 3.02. The van der Waals surface area contributed by atoms with E-state index < -0.39 is 0 Å². The predicted octanol–water partition coefficient (Wildman–Crippen LogP) is 2.71. The minimum atomic E-state index is 0.471. The van der Waals surface area contributed by atoms with Gasteiger partial charge in [0.1, 0.15) is 11.6 Å². The number of anilines is 1. The lowest BCUT2D eigenvalue weighted by atomic mass is 10.2. The second-order valence-electron chi connectivity index (χ2n) is 4.57. The molecule has 1 aliphatic carbocycles. The molecule has 0 spiro atoms. The lowest BCUT2D eigenvalue weighted by Crippen LogP contribution is -2.19. The molecule has 1 aliphatic rings. The number of thioether (sulfide) groups is 1. The maximum absolute atomic E-state index is 4.47. The number of hydrogen-bond acceptors (Lipinski definition) is 4. The highest BCUT2D eigenvalue weighted by atomic mass is 32.2. The fourth-order valence-corrected chi connectivity index (χ4v) is 2.50. The lowest BCUT2D eigenvalue weighted by Gasteiger charge is -2.16. The van der Waals surface area contributed by atoms with Gasteiger partial charge in [-0.25, -0.2) is 9.97 Å². The molecule has 0 aromatic carbocycles. The molecule has 0 bridgehead atoms. The van der Waals surface area contributed by atoms with Crippen LogP contribution in [0.5, 0.6) is 0 Å². The van der Waals surface area contributed by atoms with Crippen LogP contribution in [0.4, 0.5) is 5.82 Å². The number of hydrogen-bond donors (Lipinski definition) is 1. The maximum atomic E-state index is 4.47. The monoisotopic (exact) mass is 237 g/mol. The van der Waals surface area contributed by atoms with Gasteiger partial charge >= 0.3 is 0 Å². The van der Waals surface area contributed by atoms with Crippen molar-refractivity contribution in [1.82, 2.24) is 9.97 Å². The molecule has 1 saturated carbocycles. The molecule has 1 aromatic rings. The van der Waals surface area contributed by atoms with Gasteiger partial charge in [0.25, 0.3) is 0 Å². The van der Waals surface area contributed by atoms with Gasteiger partial charge in [0.15, 0.2) is 0 Å². The fraction of sp³-hybridized carbons (Fsp3) is 0.667. The standard InChI is InChI=1S/C12H19N3S/c1-8-9(2)14-10(3)15-11(8)13-7-12(16-4)5-6-12/h5-7H2,1-4H3,(H,13,14,15). The van der Waals surface area contributed by atoms with Crippen LogP contribution < -0.4 is 5.32 Å². The summed E-state index contributed by atoms with van der Waals surface area (Å²) in [6.07, 6.45) is 4.84. The summed E-state index contributed by atoms with van der Waals surface area (Å²) in [6.45, 7) is 7.08. The number of aryl methyl sites for hydroxylation is 2. The van der Waals surface area contributed by atoms with Crippen LogP contribution in [-0.4, -0.2) is 27.5 Å². The Labute approximate surface area is 101 Å². The highest BCUT2D eigenvalue weighted by molar-refractivity contribution is 8.00. The van der Waals surface area contributed by atoms with Gasteiger partial charge in [-0.2, -0.15) is 11.8 Å². The van der Waals surface area contributed by atoms with Crippen LogP contribution in [0.25, 0.3) is 0 Å². The van der Waals surface area contributed by atoms with Crippen LogP contribution in [-0.2, 0) is 0 Å². The Morgan fingerprint density at radius 2 is 1.94 bits per heavy atom. The molecular weight excluding hydrogens is 218 g/mol. The summed E-state index contributed by atoms with van der Waals surface area (Å²) < 4.78 is 0.471. The Morgan fingerprint density at radius 1 is 1.25 bits per heavy atom. The van der Waals surface area contributed by atoms with Crippen LogP contribution in [0.2, 0.25) is 0 Å². The Balaban J connectivity index is 2.09. The van der Waals surface area contributed by atoms with E-state index in [9.17, 15) is 0 Å². The summed E-state index contributed by atoms with van der Waals surface area (Å²) >= 11 is 1.97. The zero-order valence-corrected chi connectivity index (χ0v) is 11.2. The van der Waals surface area contributed by atoms with Crippen molar-refractivity contribution >= 4 is 17.6 Å². The minimum absolute atomic E-state index is 0.471. The zero-order chi connectivity index (χ0) is 11.8. The van der Waals surface area contributed by atoms with E-state index in [0.29, 0.717) is 4.75 Å². The number of nitrogens with zero attached hydrogens (tertiary/aromatic N) is 2. The van der Waals surface area contributed by atoms with E-state index in [1.54, 1.807) is 0 Å². The van der Waals surface area contributed by atoms with Crippen LogP contribution in [0.3, 0.4) is 0 Å². The molecule has 1 heterocycles. The number of nitrogens with one attached hydrogen (secondary N) is 1. The molecule has 0 unspecified atom stereocenters. The largest absolute Gasteiger partial charge is 0.368 e. The molecule has 1 fully saturated rings. The highest BCUT2D eigenvalue weighted by Crippen LogP contribution is 2.47. The highest BCUT2D eigenvalue weighted by Gasteiger charge is 2.41. The summed E-state index contributed by atoms with van der Waals surface area (Å²) in [4.78, 5) is 8.82. The average molecular weight is 237 g/mol. The van der Waals surface area contributed by atoms with Crippen molar-refractivity contribution in [1.29, 1.82) is 0 Å². The first-order chi connectivity index (χ1) is 7.56. The second kappa shape index (κ2) is 4.24. The Kier molecular flexibility index (Phi) is 3.10. The van der Waals surface area contributed by atoms with Crippen LogP contribution in [0.1, 0.15) is 29.9 Å². The first kappa shape index (κ1) is 11.7. The van der Waals surface area contributed by atoms with Gasteiger partial charge in [-0.15, -0.1) is 0 Å². The van der Waals surface area contributed by atoms with Crippen molar-refractivity contribution < 1.29 is 0 Å². The number of rotatable bonds is 4. The van der Waals surface area contributed by atoms with Crippen LogP contribution in [0.15, 0.2) is 0 Å². The Hall–Kier alpha value is -0.770. The summed E-state index contributed by atoms with van der Waals surface area (Å²) in [5, 5.41) is 3.48. The first-order valence-corrected chi connectivity index (χ1v) is 6.90. The molecular formula is C12H19N3S. The molecule has 3 nitrogen and oxygen atoms in total. The second-order valence-corrected chi connectivity index (χ2v) is 5.84. The number of aromatic nitrogens is 2. The van der Waals surface area contributed by atoms with Crippen LogP contribution in [0, 0.1) is 20.8 Å². The van der Waals surface area contributed by atoms with Crippen molar-refractivity contribution in [3.63, 3.8) is 0 Å². The van der Waals surface area contributed by atoms with E-state index in [4.69, 9.17) is 0 Å². The molecule has 0 saturated heterocycles. The van der Waals surface area contributed by atoms with E-state index >= 15 is 0 Å². The molecule has 0 aliphatic heterocycles. The lowest BCUT2D eigenvalue weighted by molar-refractivity contribution is 0.915. The summed E-state index contributed by atoms with van der Waals surface area (Å²) in [5.74, 6) is 1.85. The van der Waals surface area contributed by atoms with E-state index in [1.807, 2.05) is 25.6 Å². The van der Waals surface area contributed by atoms with Gasteiger partial charge in [-0.3, -0.25) is 0 Å². The van der Waals surface area contributed by atoms with E-state index in [-0.39, 0.29) is 0 Å². The molecule has 88 valence electrons. The SMILES string of the molecule is CSC1(CNc2nc(C)nc(C)c2C)CC1. The van der Waals surface area contributed by atoms with Gasteiger partial charge in [-0.1, -0.05) is 0 Å². The molecule has 0 amide bonds. The van der Waals surface area contributed by atoms with Crippen molar-refractivity contribution in [3.05, 3.63) is 17.1 Å². The van der Waals surface area contributed by atoms with Crippen LogP contribution >= 0.6 is 11.8 Å².